The van der Waals surface area contributed by atoms with E-state index in [4.69, 9.17) is 22.2 Å². The van der Waals surface area contributed by atoms with E-state index >= 15 is 0 Å². The maximum atomic E-state index is 6.13. The molecule has 0 nitrogen and oxygen atoms in total. The second kappa shape index (κ2) is 11.3. The molecular weight excluding hydrogens is 295 g/mol. The lowest BCUT2D eigenvalue weighted by Crippen LogP contribution is -2.14. The summed E-state index contributed by atoms with van der Waals surface area (Å²) in [6.07, 6.45) is 8.64. The molecule has 0 unspecified atom stereocenters. The van der Waals surface area contributed by atoms with Gasteiger partial charge >= 0.3 is 0 Å². The van der Waals surface area contributed by atoms with E-state index < -0.39 is 14.8 Å². The Morgan fingerprint density at radius 3 is 1.50 bits per heavy atom. The van der Waals surface area contributed by atoms with E-state index in [9.17, 15) is 0 Å². The second-order valence-corrected chi connectivity index (χ2v) is 19.8. The van der Waals surface area contributed by atoms with Crippen LogP contribution >= 0.6 is 22.2 Å². The highest BCUT2D eigenvalue weighted by atomic mass is 35.6. The van der Waals surface area contributed by atoms with Crippen molar-refractivity contribution in [1.29, 1.82) is 0 Å². The SMILES string of the molecule is C=CCCCC[Si](C)(C)Cl.C=CCC[Si](C)(C)Cl. The van der Waals surface area contributed by atoms with Crippen molar-refractivity contribution >= 4 is 36.9 Å². The number of rotatable bonds is 8. The molecule has 0 saturated heterocycles. The van der Waals surface area contributed by atoms with Crippen molar-refractivity contribution in [2.45, 2.75) is 64.0 Å². The fraction of sp³-hybridized carbons (Fsp3) is 0.714. The lowest BCUT2D eigenvalue weighted by atomic mass is 10.2. The van der Waals surface area contributed by atoms with Crippen molar-refractivity contribution in [1.82, 2.24) is 0 Å². The van der Waals surface area contributed by atoms with Crippen molar-refractivity contribution < 1.29 is 0 Å². The first-order valence-corrected chi connectivity index (χ1v) is 15.2. The Balaban J connectivity index is 0. The molecule has 108 valence electrons. The summed E-state index contributed by atoms with van der Waals surface area (Å²) in [5.74, 6) is 0. The molecule has 0 bridgehead atoms. The molecule has 0 fully saturated rings. The zero-order valence-electron chi connectivity index (χ0n) is 12.6. The molecule has 0 rings (SSSR count). The Morgan fingerprint density at radius 2 is 1.22 bits per heavy atom. The normalized spacial score (nSPS) is 11.4. The first-order valence-electron chi connectivity index (χ1n) is 6.72. The number of hydrogen-bond donors (Lipinski definition) is 0. The molecular formula is C14H30Cl2Si2. The highest BCUT2D eigenvalue weighted by molar-refractivity contribution is 7.19. The molecule has 0 aliphatic carbocycles. The molecule has 0 aliphatic heterocycles. The zero-order valence-corrected chi connectivity index (χ0v) is 16.1. The minimum absolute atomic E-state index is 1.07. The third-order valence-corrected chi connectivity index (χ3v) is 6.53. The van der Waals surface area contributed by atoms with Gasteiger partial charge in [0, 0.05) is 0 Å². The minimum atomic E-state index is -1.28. The van der Waals surface area contributed by atoms with Crippen LogP contribution in [0.15, 0.2) is 25.3 Å². The summed E-state index contributed by atoms with van der Waals surface area (Å²) in [6, 6.07) is 2.39. The lowest BCUT2D eigenvalue weighted by Gasteiger charge is -2.10. The quantitative estimate of drug-likeness (QED) is 0.199. The highest BCUT2D eigenvalue weighted by Gasteiger charge is 2.15. The van der Waals surface area contributed by atoms with E-state index in [2.05, 4.69) is 39.3 Å². The number of unbranched alkanes of at least 4 members (excludes halogenated alkanes) is 2. The van der Waals surface area contributed by atoms with Crippen molar-refractivity contribution in [3.8, 4) is 0 Å². The van der Waals surface area contributed by atoms with Gasteiger partial charge in [-0.25, -0.2) is 0 Å². The molecule has 0 aromatic rings. The monoisotopic (exact) mass is 324 g/mol. The predicted octanol–water partition coefficient (Wildman–Crippen LogP) is 6.79. The van der Waals surface area contributed by atoms with Gasteiger partial charge in [0.05, 0.1) is 0 Å². The molecule has 0 aromatic heterocycles. The van der Waals surface area contributed by atoms with Crippen molar-refractivity contribution in [3.05, 3.63) is 25.3 Å². The first-order chi connectivity index (χ1) is 8.12. The Labute approximate surface area is 126 Å². The van der Waals surface area contributed by atoms with Crippen LogP contribution in [0.4, 0.5) is 0 Å². The molecule has 0 spiro atoms. The summed E-state index contributed by atoms with van der Waals surface area (Å²) < 4.78 is 0. The average molecular weight is 325 g/mol. The highest BCUT2D eigenvalue weighted by Crippen LogP contribution is 2.18. The fourth-order valence-electron chi connectivity index (χ4n) is 1.28. The standard InChI is InChI=1S/C8H17ClSi.C6H13ClSi/c1-4-5-6-7-8-10(2,3)9;1-4-5-6-8(2,3)7/h4H,1,5-8H2,2-3H3;4H,1,5-6H2,2-3H3. The number of allylic oxidation sites excluding steroid dienone is 2. The van der Waals surface area contributed by atoms with Crippen LogP contribution in [0.1, 0.15) is 25.7 Å². The van der Waals surface area contributed by atoms with E-state index in [-0.39, 0.29) is 0 Å². The van der Waals surface area contributed by atoms with E-state index in [0.29, 0.717) is 0 Å². The largest absolute Gasteiger partial charge is 0.168 e. The zero-order chi connectivity index (χ0) is 14.7. The molecule has 0 saturated carbocycles. The molecule has 4 heteroatoms. The van der Waals surface area contributed by atoms with Crippen molar-refractivity contribution in [3.63, 3.8) is 0 Å². The van der Waals surface area contributed by atoms with Crippen LogP contribution in [-0.2, 0) is 0 Å². The Hall–Kier alpha value is 0.494. The van der Waals surface area contributed by atoms with Gasteiger partial charge in [-0.1, -0.05) is 51.2 Å². The van der Waals surface area contributed by atoms with Crippen LogP contribution in [0.5, 0.6) is 0 Å². The average Bonchev–Trinajstić information content (AvgIpc) is 2.20. The lowest BCUT2D eigenvalue weighted by molar-refractivity contribution is 0.807. The summed E-state index contributed by atoms with van der Waals surface area (Å²) >= 11 is 12.1. The van der Waals surface area contributed by atoms with Crippen LogP contribution in [0.3, 0.4) is 0 Å². The maximum absolute atomic E-state index is 6.13. The summed E-state index contributed by atoms with van der Waals surface area (Å²) in [4.78, 5) is 0. The van der Waals surface area contributed by atoms with Gasteiger partial charge in [-0.15, -0.1) is 13.2 Å². The second-order valence-electron chi connectivity index (χ2n) is 5.80. The smallest absolute Gasteiger partial charge is 0.150 e. The van der Waals surface area contributed by atoms with Gasteiger partial charge < -0.3 is 0 Å². The summed E-state index contributed by atoms with van der Waals surface area (Å²) in [7, 11) is -2.55. The van der Waals surface area contributed by atoms with Gasteiger partial charge in [-0.2, -0.15) is 22.2 Å². The predicted molar refractivity (Wildman–Crippen MR) is 95.1 cm³/mol. The third kappa shape index (κ3) is 25.4. The Kier molecular flexibility index (Phi) is 13.1. The molecule has 0 atom stereocenters. The van der Waals surface area contributed by atoms with Gasteiger partial charge in [0.1, 0.15) is 7.38 Å². The minimum Gasteiger partial charge on any atom is -0.168 e. The molecule has 0 heterocycles. The number of halogens is 2. The molecule has 18 heavy (non-hydrogen) atoms. The molecule has 0 radical (unpaired) electrons. The summed E-state index contributed by atoms with van der Waals surface area (Å²) in [5, 5.41) is 0. The maximum Gasteiger partial charge on any atom is 0.150 e. The van der Waals surface area contributed by atoms with E-state index in [1.54, 1.807) is 0 Å². The third-order valence-electron chi connectivity index (χ3n) is 2.37. The number of hydrogen-bond acceptors (Lipinski definition) is 0. The molecule has 0 aliphatic rings. The Bertz CT molecular complexity index is 215. The van der Waals surface area contributed by atoms with Crippen LogP contribution in [0.2, 0.25) is 38.3 Å². The van der Waals surface area contributed by atoms with E-state index in [1.165, 1.54) is 18.9 Å². The molecule has 0 aromatic carbocycles. The van der Waals surface area contributed by atoms with Crippen LogP contribution in [0.25, 0.3) is 0 Å². The first kappa shape index (κ1) is 20.8. The van der Waals surface area contributed by atoms with Crippen molar-refractivity contribution in [2.24, 2.45) is 0 Å². The van der Waals surface area contributed by atoms with Crippen LogP contribution in [-0.4, -0.2) is 14.8 Å². The van der Waals surface area contributed by atoms with Gasteiger partial charge in [-0.3, -0.25) is 0 Å². The topological polar surface area (TPSA) is 0 Å². The van der Waals surface area contributed by atoms with Gasteiger partial charge in [0.15, 0.2) is 7.38 Å². The van der Waals surface area contributed by atoms with E-state index in [1.807, 2.05) is 12.2 Å². The summed E-state index contributed by atoms with van der Waals surface area (Å²) in [5.41, 5.74) is 0. The molecule has 0 amide bonds. The van der Waals surface area contributed by atoms with Crippen LogP contribution in [0, 0.1) is 0 Å². The Morgan fingerprint density at radius 1 is 0.778 bits per heavy atom. The fourth-order valence-corrected chi connectivity index (χ4v) is 3.99. The van der Waals surface area contributed by atoms with Gasteiger partial charge in [0.25, 0.3) is 0 Å². The van der Waals surface area contributed by atoms with Crippen molar-refractivity contribution in [2.75, 3.05) is 0 Å². The van der Waals surface area contributed by atoms with Gasteiger partial charge in [-0.05, 0) is 24.9 Å². The van der Waals surface area contributed by atoms with Gasteiger partial charge in [0.2, 0.25) is 0 Å². The van der Waals surface area contributed by atoms with Crippen LogP contribution < -0.4 is 0 Å². The molecule has 0 N–H and O–H groups in total. The van der Waals surface area contributed by atoms with E-state index in [0.717, 1.165) is 18.9 Å². The summed E-state index contributed by atoms with van der Waals surface area (Å²) in [6.45, 7) is 16.0.